The molecule has 0 aliphatic carbocycles. The third kappa shape index (κ3) is 3.27. The lowest BCUT2D eigenvalue weighted by Crippen LogP contribution is -2.07. The van der Waals surface area contributed by atoms with Crippen molar-refractivity contribution in [3.63, 3.8) is 0 Å². The van der Waals surface area contributed by atoms with E-state index < -0.39 is 11.6 Å². The van der Waals surface area contributed by atoms with Crippen molar-refractivity contribution in [3.05, 3.63) is 41.5 Å². The molecule has 1 aromatic carbocycles. The van der Waals surface area contributed by atoms with Gasteiger partial charge in [-0.1, -0.05) is 6.07 Å². The quantitative estimate of drug-likeness (QED) is 0.788. The highest BCUT2D eigenvalue weighted by molar-refractivity contribution is 5.50. The van der Waals surface area contributed by atoms with Gasteiger partial charge < -0.3 is 16.4 Å². The molecular weight excluding hydrogens is 252 g/mol. The van der Waals surface area contributed by atoms with Crippen molar-refractivity contribution in [1.82, 2.24) is 9.97 Å². The van der Waals surface area contributed by atoms with Gasteiger partial charge in [0, 0.05) is 31.3 Å². The summed E-state index contributed by atoms with van der Waals surface area (Å²) in [4.78, 5) is 7.89. The fraction of sp³-hybridized carbons (Fsp3) is 0.167. The molecule has 19 heavy (non-hydrogen) atoms. The first-order valence-corrected chi connectivity index (χ1v) is 5.58. The summed E-state index contributed by atoms with van der Waals surface area (Å²) in [6, 6.07) is 5.05. The molecule has 1 heterocycles. The summed E-state index contributed by atoms with van der Waals surface area (Å²) < 4.78 is 26.2. The van der Waals surface area contributed by atoms with Crippen molar-refractivity contribution in [2.45, 2.75) is 6.54 Å². The van der Waals surface area contributed by atoms with Gasteiger partial charge in [-0.05, 0) is 6.07 Å². The minimum atomic E-state index is -0.608. The lowest BCUT2D eigenvalue weighted by molar-refractivity contribution is 0.574. The smallest absolute Gasteiger partial charge is 0.223 e. The number of halogens is 2. The Labute approximate surface area is 108 Å². The van der Waals surface area contributed by atoms with Crippen molar-refractivity contribution < 1.29 is 8.78 Å². The normalized spacial score (nSPS) is 10.3. The van der Waals surface area contributed by atoms with Crippen molar-refractivity contribution >= 4 is 17.6 Å². The average molecular weight is 265 g/mol. The Balaban J connectivity index is 2.12. The van der Waals surface area contributed by atoms with Crippen LogP contribution in [0.25, 0.3) is 0 Å². The fourth-order valence-corrected chi connectivity index (χ4v) is 1.54. The third-order valence-electron chi connectivity index (χ3n) is 2.47. The first-order chi connectivity index (χ1) is 9.08. The van der Waals surface area contributed by atoms with Crippen LogP contribution >= 0.6 is 0 Å². The number of hydrogen-bond donors (Lipinski definition) is 3. The van der Waals surface area contributed by atoms with E-state index in [-0.39, 0.29) is 12.5 Å². The molecule has 0 aliphatic heterocycles. The van der Waals surface area contributed by atoms with Crippen LogP contribution in [0.15, 0.2) is 24.3 Å². The number of nitrogen functional groups attached to an aromatic ring is 1. The molecule has 0 aliphatic rings. The molecule has 0 bridgehead atoms. The molecule has 0 fully saturated rings. The predicted octanol–water partition coefficient (Wildman–Crippen LogP) is 1.99. The van der Waals surface area contributed by atoms with E-state index in [1.54, 1.807) is 13.1 Å². The number of aromatic nitrogens is 2. The molecule has 1 aromatic heterocycles. The highest BCUT2D eigenvalue weighted by Crippen LogP contribution is 2.15. The number of hydrogen-bond acceptors (Lipinski definition) is 5. The van der Waals surface area contributed by atoms with Crippen LogP contribution in [0, 0.1) is 11.6 Å². The number of rotatable bonds is 4. The van der Waals surface area contributed by atoms with Crippen LogP contribution in [0.5, 0.6) is 0 Å². The SMILES string of the molecule is CNc1cc(NCc2ccc(F)cc2F)nc(N)n1. The van der Waals surface area contributed by atoms with E-state index >= 15 is 0 Å². The maximum absolute atomic E-state index is 13.4. The van der Waals surface area contributed by atoms with Gasteiger partial charge in [0.25, 0.3) is 0 Å². The third-order valence-corrected chi connectivity index (χ3v) is 2.47. The standard InChI is InChI=1S/C12H13F2N5/c1-16-10-5-11(19-12(15)18-10)17-6-7-2-3-8(13)4-9(7)14/h2-5H,6H2,1H3,(H4,15,16,17,18,19). The van der Waals surface area contributed by atoms with E-state index in [0.29, 0.717) is 17.2 Å². The highest BCUT2D eigenvalue weighted by atomic mass is 19.1. The van der Waals surface area contributed by atoms with E-state index in [4.69, 9.17) is 5.73 Å². The Hall–Kier alpha value is -2.44. The molecule has 0 spiro atoms. The molecule has 2 rings (SSSR count). The summed E-state index contributed by atoms with van der Waals surface area (Å²) in [5, 5.41) is 5.73. The van der Waals surface area contributed by atoms with Gasteiger partial charge in [0.15, 0.2) is 0 Å². The zero-order valence-electron chi connectivity index (χ0n) is 10.2. The first-order valence-electron chi connectivity index (χ1n) is 5.58. The van der Waals surface area contributed by atoms with Crippen LogP contribution in [0.4, 0.5) is 26.4 Å². The predicted molar refractivity (Wildman–Crippen MR) is 69.7 cm³/mol. The van der Waals surface area contributed by atoms with Crippen molar-refractivity contribution in [2.75, 3.05) is 23.4 Å². The maximum atomic E-state index is 13.4. The van der Waals surface area contributed by atoms with Gasteiger partial charge in [0.05, 0.1) is 0 Å². The molecule has 0 radical (unpaired) electrons. The number of nitrogens with two attached hydrogens (primary N) is 1. The molecule has 0 saturated heterocycles. The molecule has 0 amide bonds. The van der Waals surface area contributed by atoms with Crippen molar-refractivity contribution in [3.8, 4) is 0 Å². The largest absolute Gasteiger partial charge is 0.373 e. The van der Waals surface area contributed by atoms with E-state index in [1.807, 2.05) is 0 Å². The van der Waals surface area contributed by atoms with Gasteiger partial charge in [-0.3, -0.25) is 0 Å². The number of anilines is 3. The molecule has 4 N–H and O–H groups in total. The van der Waals surface area contributed by atoms with Crippen LogP contribution in [0.1, 0.15) is 5.56 Å². The Kier molecular flexibility index (Phi) is 3.74. The fourth-order valence-electron chi connectivity index (χ4n) is 1.54. The zero-order chi connectivity index (χ0) is 13.8. The second-order valence-corrected chi connectivity index (χ2v) is 3.84. The van der Waals surface area contributed by atoms with E-state index in [0.717, 1.165) is 6.07 Å². The molecule has 0 atom stereocenters. The summed E-state index contributed by atoms with van der Waals surface area (Å²) in [5.74, 6) is -0.0996. The maximum Gasteiger partial charge on any atom is 0.223 e. The van der Waals surface area contributed by atoms with Crippen molar-refractivity contribution in [1.29, 1.82) is 0 Å². The Morgan fingerprint density at radius 1 is 1.16 bits per heavy atom. The minimum absolute atomic E-state index is 0.105. The summed E-state index contributed by atoms with van der Waals surface area (Å²) in [7, 11) is 1.70. The summed E-state index contributed by atoms with van der Waals surface area (Å²) in [6.45, 7) is 0.172. The summed E-state index contributed by atoms with van der Waals surface area (Å²) in [5.41, 5.74) is 5.87. The van der Waals surface area contributed by atoms with Gasteiger partial charge in [0.1, 0.15) is 23.3 Å². The average Bonchev–Trinajstić information content (AvgIpc) is 2.37. The summed E-state index contributed by atoms with van der Waals surface area (Å²) >= 11 is 0. The Bertz CT molecular complexity index is 588. The lowest BCUT2D eigenvalue weighted by atomic mass is 10.2. The van der Waals surface area contributed by atoms with Gasteiger partial charge in [0.2, 0.25) is 5.95 Å². The first kappa shape index (κ1) is 13.0. The van der Waals surface area contributed by atoms with Gasteiger partial charge in [-0.15, -0.1) is 0 Å². The summed E-state index contributed by atoms with van der Waals surface area (Å²) in [6.07, 6.45) is 0. The van der Waals surface area contributed by atoms with Crippen LogP contribution in [0.2, 0.25) is 0 Å². The second kappa shape index (κ2) is 5.47. The Morgan fingerprint density at radius 2 is 1.89 bits per heavy atom. The highest BCUT2D eigenvalue weighted by Gasteiger charge is 2.05. The minimum Gasteiger partial charge on any atom is -0.373 e. The second-order valence-electron chi connectivity index (χ2n) is 3.84. The molecule has 5 nitrogen and oxygen atoms in total. The number of benzene rings is 1. The topological polar surface area (TPSA) is 75.9 Å². The van der Waals surface area contributed by atoms with E-state index in [1.165, 1.54) is 12.1 Å². The molecular formula is C12H13F2N5. The van der Waals surface area contributed by atoms with E-state index in [9.17, 15) is 8.78 Å². The number of nitrogens with zero attached hydrogens (tertiary/aromatic N) is 2. The molecule has 0 saturated carbocycles. The zero-order valence-corrected chi connectivity index (χ0v) is 10.2. The monoisotopic (exact) mass is 265 g/mol. The molecule has 2 aromatic rings. The van der Waals surface area contributed by atoms with Gasteiger partial charge in [-0.2, -0.15) is 9.97 Å². The Morgan fingerprint density at radius 3 is 2.58 bits per heavy atom. The van der Waals surface area contributed by atoms with Crippen LogP contribution in [0.3, 0.4) is 0 Å². The molecule has 0 unspecified atom stereocenters. The number of nitrogens with one attached hydrogen (secondary N) is 2. The lowest BCUT2D eigenvalue weighted by Gasteiger charge is -2.08. The van der Waals surface area contributed by atoms with Gasteiger partial charge >= 0.3 is 0 Å². The molecule has 7 heteroatoms. The van der Waals surface area contributed by atoms with E-state index in [2.05, 4.69) is 20.6 Å². The van der Waals surface area contributed by atoms with Crippen LogP contribution < -0.4 is 16.4 Å². The van der Waals surface area contributed by atoms with Crippen LogP contribution in [-0.4, -0.2) is 17.0 Å². The van der Waals surface area contributed by atoms with Crippen molar-refractivity contribution in [2.24, 2.45) is 0 Å². The molecule has 100 valence electrons. The van der Waals surface area contributed by atoms with Crippen LogP contribution in [-0.2, 0) is 6.54 Å². The van der Waals surface area contributed by atoms with Gasteiger partial charge in [-0.25, -0.2) is 8.78 Å².